The molecule has 0 aliphatic heterocycles. The maximum absolute atomic E-state index is 6.25. The van der Waals surface area contributed by atoms with Crippen molar-refractivity contribution in [2.75, 3.05) is 6.61 Å². The summed E-state index contributed by atoms with van der Waals surface area (Å²) in [6.45, 7) is 7.97. The van der Waals surface area contributed by atoms with Gasteiger partial charge in [-0.25, -0.2) is 4.98 Å². The number of aryl methyl sites for hydroxylation is 1. The van der Waals surface area contributed by atoms with Crippen molar-refractivity contribution in [3.8, 4) is 5.75 Å². The number of nitrogens with two attached hydrogens (primary N) is 1. The van der Waals surface area contributed by atoms with Gasteiger partial charge < -0.3 is 15.0 Å². The number of fused-ring (bicyclic) bond motifs is 1. The first kappa shape index (κ1) is 15.8. The summed E-state index contributed by atoms with van der Waals surface area (Å²) in [7, 11) is 0. The molecule has 116 valence electrons. The Hall–Kier alpha value is -1.55. The van der Waals surface area contributed by atoms with E-state index in [1.54, 1.807) is 0 Å². The Morgan fingerprint density at radius 3 is 2.71 bits per heavy atom. The molecule has 4 heteroatoms. The van der Waals surface area contributed by atoms with Crippen LogP contribution in [0.25, 0.3) is 11.0 Å². The zero-order valence-corrected chi connectivity index (χ0v) is 13.4. The minimum Gasteiger partial charge on any atom is -0.494 e. The van der Waals surface area contributed by atoms with E-state index in [1.165, 1.54) is 19.3 Å². The molecule has 21 heavy (non-hydrogen) atoms. The zero-order valence-electron chi connectivity index (χ0n) is 13.4. The highest BCUT2D eigenvalue weighted by Gasteiger charge is 2.16. The third-order valence-electron chi connectivity index (χ3n) is 3.82. The quantitative estimate of drug-likeness (QED) is 0.746. The topological polar surface area (TPSA) is 53.1 Å². The van der Waals surface area contributed by atoms with Crippen LogP contribution in [-0.2, 0) is 6.54 Å². The Bertz CT molecular complexity index is 577. The third kappa shape index (κ3) is 3.56. The van der Waals surface area contributed by atoms with E-state index in [1.807, 2.05) is 19.1 Å². The highest BCUT2D eigenvalue weighted by molar-refractivity contribution is 5.78. The van der Waals surface area contributed by atoms with Gasteiger partial charge in [0.25, 0.3) is 0 Å². The van der Waals surface area contributed by atoms with Crippen LogP contribution < -0.4 is 10.5 Å². The Kier molecular flexibility index (Phi) is 5.62. The van der Waals surface area contributed by atoms with E-state index >= 15 is 0 Å². The van der Waals surface area contributed by atoms with Crippen molar-refractivity contribution < 1.29 is 4.74 Å². The molecule has 4 nitrogen and oxygen atoms in total. The van der Waals surface area contributed by atoms with E-state index in [0.29, 0.717) is 6.61 Å². The molecule has 0 amide bonds. The number of unbranched alkanes of at least 4 members (excludes halogenated alkanes) is 2. The van der Waals surface area contributed by atoms with Gasteiger partial charge in [-0.15, -0.1) is 0 Å². The lowest BCUT2D eigenvalue weighted by Crippen LogP contribution is -2.16. The van der Waals surface area contributed by atoms with Crippen molar-refractivity contribution in [2.24, 2.45) is 5.73 Å². The lowest BCUT2D eigenvalue weighted by atomic mass is 10.2. The van der Waals surface area contributed by atoms with Crippen LogP contribution in [0.3, 0.4) is 0 Å². The molecule has 0 aliphatic rings. The van der Waals surface area contributed by atoms with Gasteiger partial charge in [-0.3, -0.25) is 0 Å². The summed E-state index contributed by atoms with van der Waals surface area (Å²) in [5.41, 5.74) is 8.39. The van der Waals surface area contributed by atoms with Crippen LogP contribution >= 0.6 is 0 Å². The third-order valence-corrected chi connectivity index (χ3v) is 3.82. The fourth-order valence-corrected chi connectivity index (χ4v) is 2.61. The van der Waals surface area contributed by atoms with E-state index in [4.69, 9.17) is 15.5 Å². The molecule has 2 aromatic rings. The second-order valence-corrected chi connectivity index (χ2v) is 5.43. The van der Waals surface area contributed by atoms with Crippen LogP contribution in [0.5, 0.6) is 5.75 Å². The summed E-state index contributed by atoms with van der Waals surface area (Å²) in [5.74, 6) is 1.87. The Labute approximate surface area is 127 Å². The molecule has 0 saturated carbocycles. The number of hydrogen-bond acceptors (Lipinski definition) is 3. The molecule has 1 aromatic carbocycles. The van der Waals surface area contributed by atoms with Gasteiger partial charge in [-0.1, -0.05) is 26.7 Å². The fourth-order valence-electron chi connectivity index (χ4n) is 2.61. The molecule has 0 saturated heterocycles. The molecule has 0 radical (unpaired) electrons. The molecule has 2 N–H and O–H groups in total. The van der Waals surface area contributed by atoms with Gasteiger partial charge in [0.2, 0.25) is 0 Å². The van der Waals surface area contributed by atoms with Crippen LogP contribution in [0.4, 0.5) is 0 Å². The van der Waals surface area contributed by atoms with Gasteiger partial charge in [-0.05, 0) is 31.9 Å². The number of imidazole rings is 1. The van der Waals surface area contributed by atoms with Gasteiger partial charge >= 0.3 is 0 Å². The van der Waals surface area contributed by atoms with Crippen LogP contribution in [0.15, 0.2) is 18.2 Å². The van der Waals surface area contributed by atoms with E-state index in [0.717, 1.165) is 35.6 Å². The molecular formula is C17H27N3O. The molecule has 1 heterocycles. The predicted octanol–water partition coefficient (Wildman–Crippen LogP) is 4.04. The maximum Gasteiger partial charge on any atom is 0.126 e. The lowest BCUT2D eigenvalue weighted by molar-refractivity contribution is 0.340. The number of aromatic nitrogens is 2. The molecule has 0 bridgehead atoms. The van der Waals surface area contributed by atoms with Crippen molar-refractivity contribution in [2.45, 2.75) is 59.0 Å². The highest BCUT2D eigenvalue weighted by Crippen LogP contribution is 2.25. The average Bonchev–Trinajstić information content (AvgIpc) is 2.85. The average molecular weight is 289 g/mol. The van der Waals surface area contributed by atoms with Crippen molar-refractivity contribution >= 4 is 11.0 Å². The Morgan fingerprint density at radius 2 is 2.05 bits per heavy atom. The molecule has 0 spiro atoms. The van der Waals surface area contributed by atoms with Crippen LogP contribution in [0.1, 0.15) is 58.3 Å². The SMILES string of the molecule is CCCCCn1c(C(N)CC)nc2cc(OCC)ccc21. The van der Waals surface area contributed by atoms with Crippen LogP contribution in [-0.4, -0.2) is 16.2 Å². The second-order valence-electron chi connectivity index (χ2n) is 5.43. The number of ether oxygens (including phenoxy) is 1. The van der Waals surface area contributed by atoms with Crippen LogP contribution in [0, 0.1) is 0 Å². The molecule has 1 unspecified atom stereocenters. The Morgan fingerprint density at radius 1 is 1.24 bits per heavy atom. The maximum atomic E-state index is 6.25. The normalized spacial score (nSPS) is 12.8. The van der Waals surface area contributed by atoms with Crippen molar-refractivity contribution in [3.05, 3.63) is 24.0 Å². The predicted molar refractivity (Wildman–Crippen MR) is 87.6 cm³/mol. The number of benzene rings is 1. The highest BCUT2D eigenvalue weighted by atomic mass is 16.5. The van der Waals surface area contributed by atoms with Gasteiger partial charge in [0, 0.05) is 12.6 Å². The van der Waals surface area contributed by atoms with Crippen LogP contribution in [0.2, 0.25) is 0 Å². The summed E-state index contributed by atoms with van der Waals surface area (Å²) in [5, 5.41) is 0. The second kappa shape index (κ2) is 7.46. The summed E-state index contributed by atoms with van der Waals surface area (Å²) in [6.07, 6.45) is 4.52. The number of rotatable bonds is 8. The van der Waals surface area contributed by atoms with Gasteiger partial charge in [0.15, 0.2) is 0 Å². The Balaban J connectivity index is 2.40. The summed E-state index contributed by atoms with van der Waals surface area (Å²) >= 11 is 0. The number of nitrogens with zero attached hydrogens (tertiary/aromatic N) is 2. The first-order valence-electron chi connectivity index (χ1n) is 8.09. The van der Waals surface area contributed by atoms with E-state index in [2.05, 4.69) is 24.5 Å². The van der Waals surface area contributed by atoms with Gasteiger partial charge in [0.05, 0.1) is 23.7 Å². The van der Waals surface area contributed by atoms with E-state index in [9.17, 15) is 0 Å². The lowest BCUT2D eigenvalue weighted by Gasteiger charge is -2.13. The summed E-state index contributed by atoms with van der Waals surface area (Å²) in [6, 6.07) is 6.13. The largest absolute Gasteiger partial charge is 0.494 e. The molecule has 2 rings (SSSR count). The molecule has 0 fully saturated rings. The van der Waals surface area contributed by atoms with E-state index in [-0.39, 0.29) is 6.04 Å². The zero-order chi connectivity index (χ0) is 15.2. The standard InChI is InChI=1S/C17H27N3O/c1-4-7-8-11-20-16-10-9-13(21-6-3)12-15(16)19-17(20)14(18)5-2/h9-10,12,14H,4-8,11,18H2,1-3H3. The monoisotopic (exact) mass is 289 g/mol. The van der Waals surface area contributed by atoms with Gasteiger partial charge in [0.1, 0.15) is 11.6 Å². The molecule has 1 atom stereocenters. The van der Waals surface area contributed by atoms with E-state index < -0.39 is 0 Å². The fraction of sp³-hybridized carbons (Fsp3) is 0.588. The molecule has 1 aromatic heterocycles. The minimum absolute atomic E-state index is 0.00503. The minimum atomic E-state index is -0.00503. The first-order valence-corrected chi connectivity index (χ1v) is 8.09. The smallest absolute Gasteiger partial charge is 0.126 e. The summed E-state index contributed by atoms with van der Waals surface area (Å²) < 4.78 is 7.85. The molecular weight excluding hydrogens is 262 g/mol. The number of hydrogen-bond donors (Lipinski definition) is 1. The van der Waals surface area contributed by atoms with Crippen molar-refractivity contribution in [1.29, 1.82) is 0 Å². The summed E-state index contributed by atoms with van der Waals surface area (Å²) in [4.78, 5) is 4.76. The van der Waals surface area contributed by atoms with Crippen molar-refractivity contribution in [1.82, 2.24) is 9.55 Å². The van der Waals surface area contributed by atoms with Crippen molar-refractivity contribution in [3.63, 3.8) is 0 Å². The first-order chi connectivity index (χ1) is 10.2. The molecule has 0 aliphatic carbocycles. The van der Waals surface area contributed by atoms with Gasteiger partial charge in [-0.2, -0.15) is 0 Å².